The van der Waals surface area contributed by atoms with Gasteiger partial charge in [0.2, 0.25) is 11.8 Å². The van der Waals surface area contributed by atoms with Gasteiger partial charge in [-0.1, -0.05) is 6.07 Å². The van der Waals surface area contributed by atoms with Crippen molar-refractivity contribution in [2.75, 3.05) is 27.2 Å². The summed E-state index contributed by atoms with van der Waals surface area (Å²) >= 11 is 1.15. The predicted molar refractivity (Wildman–Crippen MR) is 156 cm³/mol. The highest BCUT2D eigenvalue weighted by Crippen LogP contribution is 2.48. The molecule has 3 saturated heterocycles. The number of nitrogens with zero attached hydrogens (tertiary/aromatic N) is 5. The summed E-state index contributed by atoms with van der Waals surface area (Å²) in [7, 11) is 3.48. The summed E-state index contributed by atoms with van der Waals surface area (Å²) in [6.07, 6.45) is 3.32. The number of ether oxygens (including phenoxy) is 1. The summed E-state index contributed by atoms with van der Waals surface area (Å²) in [5.74, 6) is 0.154. The van der Waals surface area contributed by atoms with Crippen molar-refractivity contribution in [3.8, 4) is 6.07 Å². The second-order valence-corrected chi connectivity index (χ2v) is 14.2. The van der Waals surface area contributed by atoms with E-state index in [1.165, 1.54) is 16.2 Å². The lowest BCUT2D eigenvalue weighted by atomic mass is 10.1. The predicted octanol–water partition coefficient (Wildman–Crippen LogP) is 2.80. The summed E-state index contributed by atoms with van der Waals surface area (Å²) in [4.78, 5) is 52.1. The monoisotopic (exact) mass is 612 g/mol. The first-order chi connectivity index (χ1) is 20.4. The Bertz CT molecular complexity index is 1330. The number of nitrogens with one attached hydrogen (secondary N) is 1. The van der Waals surface area contributed by atoms with Crippen molar-refractivity contribution < 1.29 is 28.4 Å². The van der Waals surface area contributed by atoms with Gasteiger partial charge in [0, 0.05) is 44.2 Å². The first-order valence-electron chi connectivity index (χ1n) is 15.0. The van der Waals surface area contributed by atoms with E-state index < -0.39 is 23.8 Å². The topological polar surface area (TPSA) is 128 Å². The number of benzene rings is 1. The highest BCUT2D eigenvalue weighted by Gasteiger charge is 2.57. The number of hydrogen-bond donors (Lipinski definition) is 1. The molecule has 0 aromatic heterocycles. The molecule has 1 saturated carbocycles. The molecule has 3 heterocycles. The number of hydroxylamine groups is 2. The Kier molecular flexibility index (Phi) is 8.10. The van der Waals surface area contributed by atoms with E-state index in [0.717, 1.165) is 36.2 Å². The number of nitriles is 1. The van der Waals surface area contributed by atoms with Crippen LogP contribution < -0.4 is 5.32 Å². The molecular formula is C30H40N6O6S. The van der Waals surface area contributed by atoms with Crippen LogP contribution in [-0.2, 0) is 30.1 Å². The van der Waals surface area contributed by atoms with E-state index in [4.69, 9.17) is 14.1 Å². The van der Waals surface area contributed by atoms with E-state index in [1.807, 2.05) is 15.9 Å². The molecule has 6 rings (SSSR count). The molecule has 3 aliphatic heterocycles. The quantitative estimate of drug-likeness (QED) is 0.253. The highest BCUT2D eigenvalue weighted by atomic mass is 32.2. The maximum Gasteiger partial charge on any atom is 0.408 e. The third-order valence-corrected chi connectivity index (χ3v) is 9.61. The number of carbonyl (C=O) groups is 3. The van der Waals surface area contributed by atoms with Gasteiger partial charge >= 0.3 is 6.09 Å². The average molecular weight is 613 g/mol. The minimum Gasteiger partial charge on any atom is -0.444 e. The van der Waals surface area contributed by atoms with Gasteiger partial charge in [0.25, 0.3) is 0 Å². The van der Waals surface area contributed by atoms with E-state index in [2.05, 4.69) is 23.5 Å². The van der Waals surface area contributed by atoms with Crippen LogP contribution in [0.1, 0.15) is 63.6 Å². The summed E-state index contributed by atoms with van der Waals surface area (Å²) in [5, 5.41) is 13.9. The zero-order valence-corrected chi connectivity index (χ0v) is 26.1. The van der Waals surface area contributed by atoms with Crippen LogP contribution in [0.2, 0.25) is 0 Å². The number of piperazine rings is 1. The molecule has 1 N–H and O–H groups in total. The molecule has 2 aliphatic carbocycles. The lowest BCUT2D eigenvalue weighted by Crippen LogP contribution is -2.59. The summed E-state index contributed by atoms with van der Waals surface area (Å²) in [6, 6.07) is 6.78. The third kappa shape index (κ3) is 6.08. The van der Waals surface area contributed by atoms with Crippen molar-refractivity contribution in [1.82, 2.24) is 25.1 Å². The second-order valence-electron chi connectivity index (χ2n) is 13.4. The summed E-state index contributed by atoms with van der Waals surface area (Å²) < 4.78 is 10.7. The van der Waals surface area contributed by atoms with Crippen LogP contribution in [0.15, 0.2) is 23.1 Å². The molecule has 1 aromatic rings. The van der Waals surface area contributed by atoms with Gasteiger partial charge in [0.1, 0.15) is 17.7 Å². The fraction of sp³-hybridized carbons (Fsp3) is 0.667. The van der Waals surface area contributed by atoms with Crippen LogP contribution in [-0.4, -0.2) is 101 Å². The largest absolute Gasteiger partial charge is 0.444 e. The van der Waals surface area contributed by atoms with Gasteiger partial charge in [-0.05, 0) is 82.1 Å². The van der Waals surface area contributed by atoms with Crippen molar-refractivity contribution in [3.05, 3.63) is 29.3 Å². The average Bonchev–Trinajstić information content (AvgIpc) is 3.25. The van der Waals surface area contributed by atoms with Gasteiger partial charge in [-0.15, -0.1) is 9.32 Å². The maximum atomic E-state index is 13.8. The molecule has 12 nitrogen and oxygen atoms in total. The Morgan fingerprint density at radius 3 is 2.70 bits per heavy atom. The fourth-order valence-corrected chi connectivity index (χ4v) is 7.81. The Morgan fingerprint density at radius 2 is 2.00 bits per heavy atom. The molecule has 0 spiro atoms. The number of fused-ring (bicyclic) bond motifs is 4. The molecule has 43 heavy (non-hydrogen) atoms. The van der Waals surface area contributed by atoms with Crippen molar-refractivity contribution in [1.29, 1.82) is 5.26 Å². The van der Waals surface area contributed by atoms with Gasteiger partial charge < -0.3 is 19.9 Å². The Hall–Kier alpha value is -2.89. The van der Waals surface area contributed by atoms with Crippen LogP contribution >= 0.6 is 12.0 Å². The lowest BCUT2D eigenvalue weighted by molar-refractivity contribution is -0.340. The zero-order chi connectivity index (χ0) is 30.6. The summed E-state index contributed by atoms with van der Waals surface area (Å²) in [6.45, 7) is 6.13. The Labute approximate surface area is 256 Å². The number of likely N-dealkylation sites (tertiary alicyclic amines) is 3. The van der Waals surface area contributed by atoms with E-state index in [1.54, 1.807) is 39.8 Å². The van der Waals surface area contributed by atoms with E-state index in [0.29, 0.717) is 25.3 Å². The maximum absolute atomic E-state index is 13.8. The van der Waals surface area contributed by atoms with Crippen LogP contribution in [0.3, 0.4) is 0 Å². The van der Waals surface area contributed by atoms with Crippen molar-refractivity contribution in [3.63, 3.8) is 0 Å². The van der Waals surface area contributed by atoms with Gasteiger partial charge in [0.05, 0.1) is 30.2 Å². The van der Waals surface area contributed by atoms with Gasteiger partial charge in [0.15, 0.2) is 0 Å². The number of hydrogen-bond acceptors (Lipinski definition) is 10. The number of carbonyl (C=O) groups excluding carboxylic acids is 3. The molecule has 13 heteroatoms. The van der Waals surface area contributed by atoms with Crippen molar-refractivity contribution in [2.45, 2.75) is 99.6 Å². The zero-order valence-electron chi connectivity index (χ0n) is 25.3. The first kappa shape index (κ1) is 30.1. The molecule has 4 fully saturated rings. The highest BCUT2D eigenvalue weighted by molar-refractivity contribution is 7.94. The SMILES string of the molecule is CN(C)OOSc1ccc2c(c1)CC[C@@H]2N1C(=O)[C@@H]2C[C@H]1CN2C[C@H](NC(=O)OC(C)(C)C)C(=O)N1[C@H](C#N)C[C@@H]2C[C@@H]21. The normalized spacial score (nSPS) is 29.9. The van der Waals surface area contributed by atoms with Crippen LogP contribution in [0.4, 0.5) is 4.79 Å². The first-order valence-corrected chi connectivity index (χ1v) is 15.8. The fourth-order valence-electron chi connectivity index (χ4n) is 7.27. The standard InChI is InChI=1S/C30H40N6O6S/c1-30(2,3)40-29(39)32-23(27(37)35-19(14-31)10-18-12-25(18)35)16-34-15-20-13-26(34)28(38)36(20)24-9-6-17-11-21(7-8-22(17)24)43-42-41-33(4)5/h7-8,11,18-20,23-26H,6,9-10,12-13,15-16H2,1-5H3,(H,32,39)/t18-,19+,20+,23+,24+,25+,26+/m1/s1. The molecule has 2 bridgehead atoms. The number of aryl methyl sites for hydroxylation is 1. The number of piperidine rings is 1. The van der Waals surface area contributed by atoms with E-state index in [9.17, 15) is 19.6 Å². The molecule has 0 radical (unpaired) electrons. The molecule has 7 atom stereocenters. The van der Waals surface area contributed by atoms with Crippen molar-refractivity contribution in [2.24, 2.45) is 5.92 Å². The van der Waals surface area contributed by atoms with Crippen molar-refractivity contribution >= 4 is 30.0 Å². The van der Waals surface area contributed by atoms with Gasteiger partial charge in [-0.3, -0.25) is 14.5 Å². The molecule has 1 aromatic carbocycles. The number of alkyl carbamates (subject to hydrolysis) is 1. The van der Waals surface area contributed by atoms with Gasteiger partial charge in [-0.2, -0.15) is 10.3 Å². The molecule has 3 amide bonds. The molecule has 5 aliphatic rings. The third-order valence-electron chi connectivity index (χ3n) is 9.03. The van der Waals surface area contributed by atoms with E-state index in [-0.39, 0.29) is 42.5 Å². The molecule has 232 valence electrons. The Balaban J connectivity index is 1.13. The van der Waals surface area contributed by atoms with E-state index >= 15 is 0 Å². The smallest absolute Gasteiger partial charge is 0.408 e. The van der Waals surface area contributed by atoms with Gasteiger partial charge in [-0.25, -0.2) is 4.79 Å². The summed E-state index contributed by atoms with van der Waals surface area (Å²) in [5.41, 5.74) is 1.65. The lowest BCUT2D eigenvalue weighted by Gasteiger charge is -2.39. The second kappa shape index (κ2) is 11.6. The minimum absolute atomic E-state index is 0.0164. The number of amides is 3. The van der Waals surface area contributed by atoms with Crippen LogP contribution in [0.5, 0.6) is 0 Å². The Morgan fingerprint density at radius 1 is 1.21 bits per heavy atom. The minimum atomic E-state index is -0.910. The molecular weight excluding hydrogens is 572 g/mol. The molecule has 0 unspecified atom stereocenters. The number of rotatable bonds is 9. The van der Waals surface area contributed by atoms with Crippen LogP contribution in [0.25, 0.3) is 0 Å². The van der Waals surface area contributed by atoms with Crippen LogP contribution in [0, 0.1) is 17.2 Å².